The summed E-state index contributed by atoms with van der Waals surface area (Å²) >= 11 is 8.91. The Morgan fingerprint density at radius 2 is 1.86 bits per heavy atom. The van der Waals surface area contributed by atoms with Gasteiger partial charge in [-0.2, -0.15) is 0 Å². The van der Waals surface area contributed by atoms with E-state index >= 15 is 0 Å². The van der Waals surface area contributed by atoms with Crippen molar-refractivity contribution >= 4 is 33.5 Å². The highest BCUT2D eigenvalue weighted by Crippen LogP contribution is 2.31. The van der Waals surface area contributed by atoms with Crippen LogP contribution in [-0.2, 0) is 17.8 Å². The lowest BCUT2D eigenvalue weighted by Crippen LogP contribution is -2.01. The number of benzene rings is 2. The van der Waals surface area contributed by atoms with Crippen LogP contribution >= 0.6 is 27.5 Å². The van der Waals surface area contributed by atoms with E-state index in [1.54, 1.807) is 24.3 Å². The highest BCUT2D eigenvalue weighted by Gasteiger charge is 2.08. The van der Waals surface area contributed by atoms with Crippen molar-refractivity contribution < 1.29 is 19.0 Å². The quantitative estimate of drug-likeness (QED) is 0.788. The lowest BCUT2D eigenvalue weighted by molar-refractivity contribution is -0.136. The van der Waals surface area contributed by atoms with Crippen molar-refractivity contribution in [1.29, 1.82) is 0 Å². The van der Waals surface area contributed by atoms with Gasteiger partial charge in [0.25, 0.3) is 0 Å². The first kappa shape index (κ1) is 15.8. The molecule has 0 aliphatic heterocycles. The van der Waals surface area contributed by atoms with Crippen LogP contribution in [0.4, 0.5) is 4.39 Å². The van der Waals surface area contributed by atoms with Crippen molar-refractivity contribution in [1.82, 2.24) is 0 Å². The second kappa shape index (κ2) is 6.91. The SMILES string of the molecule is O=C(O)Cc1ccc(COc2cc(F)c(Cl)cc2Br)cc1. The third-order valence-electron chi connectivity index (χ3n) is 2.75. The monoisotopic (exact) mass is 372 g/mol. The van der Waals surface area contributed by atoms with Gasteiger partial charge in [-0.3, -0.25) is 4.79 Å². The molecule has 110 valence electrons. The topological polar surface area (TPSA) is 46.5 Å². The van der Waals surface area contributed by atoms with Gasteiger partial charge >= 0.3 is 5.97 Å². The highest BCUT2D eigenvalue weighted by atomic mass is 79.9. The molecule has 0 saturated heterocycles. The molecular formula is C15H11BrClFO3. The minimum Gasteiger partial charge on any atom is -0.488 e. The predicted octanol–water partition coefficient (Wildman–Crippen LogP) is 4.45. The van der Waals surface area contributed by atoms with Gasteiger partial charge in [-0.05, 0) is 33.1 Å². The van der Waals surface area contributed by atoms with E-state index in [0.29, 0.717) is 15.8 Å². The first-order chi connectivity index (χ1) is 9.95. The summed E-state index contributed by atoms with van der Waals surface area (Å²) in [6.07, 6.45) is -0.0188. The average Bonchev–Trinajstić information content (AvgIpc) is 2.42. The van der Waals surface area contributed by atoms with E-state index in [0.717, 1.165) is 5.56 Å². The van der Waals surface area contributed by atoms with Crippen LogP contribution in [0.1, 0.15) is 11.1 Å². The number of carboxylic acid groups (broad SMARTS) is 1. The van der Waals surface area contributed by atoms with Gasteiger partial charge in [0.15, 0.2) is 0 Å². The maximum atomic E-state index is 13.4. The molecular weight excluding hydrogens is 363 g/mol. The van der Waals surface area contributed by atoms with Gasteiger partial charge in [0.1, 0.15) is 18.2 Å². The van der Waals surface area contributed by atoms with Crippen molar-refractivity contribution in [3.63, 3.8) is 0 Å². The number of hydrogen-bond donors (Lipinski definition) is 1. The molecule has 2 rings (SSSR count). The van der Waals surface area contributed by atoms with Gasteiger partial charge in [-0.1, -0.05) is 35.9 Å². The molecule has 2 aromatic rings. The summed E-state index contributed by atoms with van der Waals surface area (Å²) in [6.45, 7) is 0.243. The summed E-state index contributed by atoms with van der Waals surface area (Å²) in [5.41, 5.74) is 1.57. The zero-order valence-corrected chi connectivity index (χ0v) is 13.1. The van der Waals surface area contributed by atoms with Crippen LogP contribution in [0.25, 0.3) is 0 Å². The second-order valence-electron chi connectivity index (χ2n) is 4.37. The normalized spacial score (nSPS) is 10.4. The molecule has 0 amide bonds. The van der Waals surface area contributed by atoms with Gasteiger partial charge in [-0.25, -0.2) is 4.39 Å². The smallest absolute Gasteiger partial charge is 0.307 e. The summed E-state index contributed by atoms with van der Waals surface area (Å²) in [4.78, 5) is 10.6. The number of halogens is 3. The standard InChI is InChI=1S/C15H11BrClFO3/c16-11-6-12(17)13(18)7-14(11)21-8-10-3-1-9(2-4-10)5-15(19)20/h1-4,6-7H,5,8H2,(H,19,20). The molecule has 0 aromatic heterocycles. The number of rotatable bonds is 5. The predicted molar refractivity (Wildman–Crippen MR) is 81.2 cm³/mol. The lowest BCUT2D eigenvalue weighted by atomic mass is 10.1. The highest BCUT2D eigenvalue weighted by molar-refractivity contribution is 9.10. The van der Waals surface area contributed by atoms with Crippen LogP contribution in [0.5, 0.6) is 5.75 Å². The maximum absolute atomic E-state index is 13.4. The van der Waals surface area contributed by atoms with Crippen LogP contribution < -0.4 is 4.74 Å². The van der Waals surface area contributed by atoms with Gasteiger partial charge in [0.2, 0.25) is 0 Å². The van der Waals surface area contributed by atoms with Crippen LogP contribution in [0.2, 0.25) is 5.02 Å². The van der Waals surface area contributed by atoms with Crippen LogP contribution in [0, 0.1) is 5.82 Å². The fourth-order valence-corrected chi connectivity index (χ4v) is 2.46. The second-order valence-corrected chi connectivity index (χ2v) is 5.63. The molecule has 0 saturated carbocycles. The largest absolute Gasteiger partial charge is 0.488 e. The van der Waals surface area contributed by atoms with Gasteiger partial charge in [-0.15, -0.1) is 0 Å². The molecule has 2 aromatic carbocycles. The molecule has 0 aliphatic carbocycles. The Kier molecular flexibility index (Phi) is 5.20. The average molecular weight is 374 g/mol. The summed E-state index contributed by atoms with van der Waals surface area (Å²) < 4.78 is 19.5. The Balaban J connectivity index is 2.03. The Labute approximate surface area is 134 Å². The number of aliphatic carboxylic acids is 1. The summed E-state index contributed by atoms with van der Waals surface area (Å²) in [7, 11) is 0. The number of ether oxygens (including phenoxy) is 1. The molecule has 0 bridgehead atoms. The van der Waals surface area contributed by atoms with Crippen LogP contribution in [0.15, 0.2) is 40.9 Å². The Morgan fingerprint density at radius 1 is 1.24 bits per heavy atom. The molecule has 3 nitrogen and oxygen atoms in total. The van der Waals surface area contributed by atoms with E-state index in [-0.39, 0.29) is 18.1 Å². The molecule has 21 heavy (non-hydrogen) atoms. The van der Waals surface area contributed by atoms with Crippen molar-refractivity contribution in [3.05, 3.63) is 62.8 Å². The number of hydrogen-bond acceptors (Lipinski definition) is 2. The molecule has 0 aliphatic rings. The van der Waals surface area contributed by atoms with E-state index < -0.39 is 11.8 Å². The van der Waals surface area contributed by atoms with Gasteiger partial charge in [0.05, 0.1) is 15.9 Å². The molecule has 0 spiro atoms. The molecule has 6 heteroatoms. The Bertz CT molecular complexity index is 659. The number of carbonyl (C=O) groups is 1. The fourth-order valence-electron chi connectivity index (χ4n) is 1.70. The van der Waals surface area contributed by atoms with E-state index in [9.17, 15) is 9.18 Å². The zero-order chi connectivity index (χ0) is 15.4. The number of carboxylic acids is 1. The minimum atomic E-state index is -0.875. The first-order valence-corrected chi connectivity index (χ1v) is 7.20. The van der Waals surface area contributed by atoms with Crippen LogP contribution in [0.3, 0.4) is 0 Å². The molecule has 0 radical (unpaired) electrons. The lowest BCUT2D eigenvalue weighted by Gasteiger charge is -2.09. The summed E-state index contributed by atoms with van der Waals surface area (Å²) in [6, 6.07) is 9.65. The molecule has 1 N–H and O–H groups in total. The van der Waals surface area contributed by atoms with E-state index in [4.69, 9.17) is 21.4 Å². The van der Waals surface area contributed by atoms with Gasteiger partial charge < -0.3 is 9.84 Å². The van der Waals surface area contributed by atoms with E-state index in [1.807, 2.05) is 0 Å². The van der Waals surface area contributed by atoms with Crippen LogP contribution in [-0.4, -0.2) is 11.1 Å². The Hall–Kier alpha value is -1.59. The third-order valence-corrected chi connectivity index (χ3v) is 3.66. The summed E-state index contributed by atoms with van der Waals surface area (Å²) in [5, 5.41) is 8.71. The van der Waals surface area contributed by atoms with Gasteiger partial charge in [0, 0.05) is 6.07 Å². The molecule has 0 atom stereocenters. The fraction of sp³-hybridized carbons (Fsp3) is 0.133. The van der Waals surface area contributed by atoms with E-state index in [1.165, 1.54) is 12.1 Å². The third kappa shape index (κ3) is 4.44. The summed E-state index contributed by atoms with van der Waals surface area (Å²) in [5.74, 6) is -1.07. The molecule has 0 unspecified atom stereocenters. The first-order valence-electron chi connectivity index (χ1n) is 6.02. The van der Waals surface area contributed by atoms with E-state index in [2.05, 4.69) is 15.9 Å². The van der Waals surface area contributed by atoms with Crippen molar-refractivity contribution in [2.24, 2.45) is 0 Å². The van der Waals surface area contributed by atoms with Crippen molar-refractivity contribution in [2.45, 2.75) is 13.0 Å². The Morgan fingerprint density at radius 3 is 2.48 bits per heavy atom. The maximum Gasteiger partial charge on any atom is 0.307 e. The van der Waals surface area contributed by atoms with Crippen molar-refractivity contribution in [2.75, 3.05) is 0 Å². The molecule has 0 fully saturated rings. The molecule has 0 heterocycles. The van der Waals surface area contributed by atoms with Crippen molar-refractivity contribution in [3.8, 4) is 5.75 Å². The minimum absolute atomic E-state index is 0.0188. The zero-order valence-electron chi connectivity index (χ0n) is 10.8.